The van der Waals surface area contributed by atoms with Crippen LogP contribution in [0.25, 0.3) is 0 Å². The van der Waals surface area contributed by atoms with Crippen LogP contribution in [0, 0.1) is 0 Å². The van der Waals surface area contributed by atoms with Gasteiger partial charge in [0.25, 0.3) is 0 Å². The third-order valence-corrected chi connectivity index (χ3v) is 3.99. The summed E-state index contributed by atoms with van der Waals surface area (Å²) in [5, 5.41) is 13.0. The van der Waals surface area contributed by atoms with Crippen molar-refractivity contribution in [2.45, 2.75) is 6.10 Å². The Kier molecular flexibility index (Phi) is 6.54. The van der Waals surface area contributed by atoms with Gasteiger partial charge in [-0.3, -0.25) is 5.43 Å². The van der Waals surface area contributed by atoms with E-state index in [1.165, 1.54) is 0 Å². The number of aliphatic hydroxyl groups excluding tert-OH is 1. The molecule has 0 saturated carbocycles. The highest BCUT2D eigenvalue weighted by molar-refractivity contribution is 6.37. The van der Waals surface area contributed by atoms with Gasteiger partial charge in [0.2, 0.25) is 0 Å². The Morgan fingerprint density at radius 2 is 1.86 bits per heavy atom. The third kappa shape index (κ3) is 5.29. The smallest absolute Gasteiger partial charge is 0.156 e. The van der Waals surface area contributed by atoms with Gasteiger partial charge in [-0.2, -0.15) is 0 Å². The van der Waals surface area contributed by atoms with Gasteiger partial charge in [-0.1, -0.05) is 29.3 Å². The van der Waals surface area contributed by atoms with Gasteiger partial charge in [0, 0.05) is 32.7 Å². The second kappa shape index (κ2) is 8.17. The van der Waals surface area contributed by atoms with Crippen LogP contribution in [-0.2, 0) is 0 Å². The van der Waals surface area contributed by atoms with E-state index in [1.807, 2.05) is 0 Å². The molecule has 1 aliphatic rings. The van der Waals surface area contributed by atoms with Crippen molar-refractivity contribution in [1.29, 1.82) is 0 Å². The molecule has 0 radical (unpaired) electrons. The maximum atomic E-state index is 9.96. The molecule has 0 bridgehead atoms. The van der Waals surface area contributed by atoms with Crippen molar-refractivity contribution in [3.63, 3.8) is 0 Å². The summed E-state index contributed by atoms with van der Waals surface area (Å²) in [6, 6.07) is 5.16. The zero-order chi connectivity index (χ0) is 15.2. The Balaban J connectivity index is 1.71. The van der Waals surface area contributed by atoms with E-state index >= 15 is 0 Å². The lowest BCUT2D eigenvalue weighted by Gasteiger charge is -2.33. The van der Waals surface area contributed by atoms with Gasteiger partial charge >= 0.3 is 0 Å². The topological polar surface area (TPSA) is 48.0 Å². The molecule has 0 spiro atoms. The average molecular weight is 334 g/mol. The van der Waals surface area contributed by atoms with Crippen LogP contribution < -0.4 is 10.2 Å². The average Bonchev–Trinajstić information content (AvgIpc) is 2.46. The molecule has 118 valence electrons. The van der Waals surface area contributed by atoms with E-state index in [-0.39, 0.29) is 6.61 Å². The number of nitrogens with zero attached hydrogens (tertiary/aromatic N) is 2. The number of piperazine rings is 1. The first-order valence-corrected chi connectivity index (χ1v) is 7.73. The number of hydrogen-bond acceptors (Lipinski definition) is 5. The molecule has 1 aromatic carbocycles. The predicted octanol–water partition coefficient (Wildman–Crippen LogP) is 1.49. The first kappa shape index (κ1) is 16.8. The summed E-state index contributed by atoms with van der Waals surface area (Å²) in [6.45, 7) is 4.51. The molecule has 0 aliphatic carbocycles. The maximum Gasteiger partial charge on any atom is 0.156 e. The molecule has 1 atom stereocenters. The van der Waals surface area contributed by atoms with Gasteiger partial charge in [-0.25, -0.2) is 5.01 Å². The van der Waals surface area contributed by atoms with Crippen molar-refractivity contribution in [1.82, 2.24) is 15.3 Å². The number of rotatable bonds is 6. The summed E-state index contributed by atoms with van der Waals surface area (Å²) in [6.07, 6.45) is -0.628. The summed E-state index contributed by atoms with van der Waals surface area (Å²) in [4.78, 5) is 2.27. The number of halogens is 2. The minimum Gasteiger partial charge on any atom is -0.488 e. The molecule has 5 nitrogen and oxygen atoms in total. The summed E-state index contributed by atoms with van der Waals surface area (Å²) in [7, 11) is 2.10. The molecule has 1 unspecified atom stereocenters. The van der Waals surface area contributed by atoms with Gasteiger partial charge < -0.3 is 14.7 Å². The Morgan fingerprint density at radius 1 is 1.24 bits per heavy atom. The Bertz CT molecular complexity index is 434. The van der Waals surface area contributed by atoms with Gasteiger partial charge in [0.05, 0.1) is 10.0 Å². The molecule has 21 heavy (non-hydrogen) atoms. The van der Waals surface area contributed by atoms with E-state index < -0.39 is 6.10 Å². The van der Waals surface area contributed by atoms with E-state index in [0.717, 1.165) is 26.2 Å². The number of likely N-dealkylation sites (N-methyl/N-ethyl adjacent to an activating group) is 1. The lowest BCUT2D eigenvalue weighted by molar-refractivity contribution is 0.0549. The molecule has 1 fully saturated rings. The first-order valence-electron chi connectivity index (χ1n) is 6.98. The lowest BCUT2D eigenvalue weighted by Crippen LogP contribution is -2.52. The first-order chi connectivity index (χ1) is 10.1. The van der Waals surface area contributed by atoms with Crippen LogP contribution in [0.5, 0.6) is 5.75 Å². The molecule has 1 aliphatic heterocycles. The minimum atomic E-state index is -0.628. The second-order valence-corrected chi connectivity index (χ2v) is 5.98. The van der Waals surface area contributed by atoms with Crippen molar-refractivity contribution in [2.24, 2.45) is 0 Å². The van der Waals surface area contributed by atoms with Crippen LogP contribution in [-0.4, -0.2) is 67.5 Å². The Labute approximate surface area is 135 Å². The highest BCUT2D eigenvalue weighted by atomic mass is 35.5. The van der Waals surface area contributed by atoms with Gasteiger partial charge in [-0.15, -0.1) is 0 Å². The molecular weight excluding hydrogens is 313 g/mol. The van der Waals surface area contributed by atoms with Crippen molar-refractivity contribution < 1.29 is 9.84 Å². The molecule has 1 saturated heterocycles. The molecule has 0 amide bonds. The number of hydrazine groups is 1. The molecule has 1 heterocycles. The van der Waals surface area contributed by atoms with Crippen LogP contribution in [0.2, 0.25) is 10.0 Å². The minimum absolute atomic E-state index is 0.143. The van der Waals surface area contributed by atoms with Crippen LogP contribution >= 0.6 is 23.2 Å². The van der Waals surface area contributed by atoms with E-state index in [0.29, 0.717) is 22.3 Å². The Hall–Kier alpha value is -0.560. The predicted molar refractivity (Wildman–Crippen MR) is 85.0 cm³/mol. The highest BCUT2D eigenvalue weighted by Gasteiger charge is 2.15. The quantitative estimate of drug-likeness (QED) is 0.825. The number of ether oxygens (including phenoxy) is 1. The molecular formula is C14H21Cl2N3O2. The Morgan fingerprint density at radius 3 is 2.48 bits per heavy atom. The van der Waals surface area contributed by atoms with Gasteiger partial charge in [-0.05, 0) is 19.2 Å². The van der Waals surface area contributed by atoms with Crippen LogP contribution in [0.4, 0.5) is 0 Å². The van der Waals surface area contributed by atoms with Crippen LogP contribution in [0.15, 0.2) is 18.2 Å². The van der Waals surface area contributed by atoms with Gasteiger partial charge in [0.1, 0.15) is 12.7 Å². The lowest BCUT2D eigenvalue weighted by atomic mass is 10.3. The number of nitrogens with one attached hydrogen (secondary N) is 1. The van der Waals surface area contributed by atoms with E-state index in [1.54, 1.807) is 18.2 Å². The molecule has 7 heteroatoms. The summed E-state index contributed by atoms with van der Waals surface area (Å²) in [5.41, 5.74) is 3.22. The number of para-hydroxylation sites is 1. The fourth-order valence-corrected chi connectivity index (χ4v) is 2.56. The SMILES string of the molecule is CN1CCN(NCC(O)COc2c(Cl)cccc2Cl)CC1. The van der Waals surface area contributed by atoms with E-state index in [9.17, 15) is 5.11 Å². The second-order valence-electron chi connectivity index (χ2n) is 5.17. The number of hydrogen-bond donors (Lipinski definition) is 2. The molecule has 1 aromatic rings. The molecule has 2 N–H and O–H groups in total. The fourth-order valence-electron chi connectivity index (χ4n) is 2.06. The molecule has 2 rings (SSSR count). The number of aliphatic hydroxyl groups is 1. The number of benzene rings is 1. The standard InChI is InChI=1S/C14H21Cl2N3O2/c1-18-5-7-19(8-6-18)17-9-11(20)10-21-14-12(15)3-2-4-13(14)16/h2-4,11,17,20H,5-10H2,1H3. The largest absolute Gasteiger partial charge is 0.488 e. The normalized spacial score (nSPS) is 18.7. The van der Waals surface area contributed by atoms with E-state index in [4.69, 9.17) is 27.9 Å². The summed E-state index contributed by atoms with van der Waals surface area (Å²) < 4.78 is 5.51. The summed E-state index contributed by atoms with van der Waals surface area (Å²) in [5.74, 6) is 0.416. The van der Waals surface area contributed by atoms with E-state index in [2.05, 4.69) is 22.4 Å². The van der Waals surface area contributed by atoms with Crippen molar-refractivity contribution in [2.75, 3.05) is 46.4 Å². The fraction of sp³-hybridized carbons (Fsp3) is 0.571. The molecule has 0 aromatic heterocycles. The van der Waals surface area contributed by atoms with Crippen molar-refractivity contribution in [3.8, 4) is 5.75 Å². The highest BCUT2D eigenvalue weighted by Crippen LogP contribution is 2.32. The van der Waals surface area contributed by atoms with Crippen molar-refractivity contribution in [3.05, 3.63) is 28.2 Å². The van der Waals surface area contributed by atoms with Crippen LogP contribution in [0.3, 0.4) is 0 Å². The third-order valence-electron chi connectivity index (χ3n) is 3.39. The maximum absolute atomic E-state index is 9.96. The monoisotopic (exact) mass is 333 g/mol. The van der Waals surface area contributed by atoms with Crippen LogP contribution in [0.1, 0.15) is 0 Å². The van der Waals surface area contributed by atoms with Crippen molar-refractivity contribution >= 4 is 23.2 Å². The van der Waals surface area contributed by atoms with Gasteiger partial charge in [0.15, 0.2) is 5.75 Å². The zero-order valence-corrected chi connectivity index (χ0v) is 13.6. The zero-order valence-electron chi connectivity index (χ0n) is 12.1. The summed E-state index contributed by atoms with van der Waals surface area (Å²) >= 11 is 12.0.